The first-order valence-electron chi connectivity index (χ1n) is 13.2. The number of nitrogens with one attached hydrogen (secondary N) is 1. The number of carbonyl (C=O) groups excluding carboxylic acids is 1. The highest BCUT2D eigenvalue weighted by molar-refractivity contribution is 5.79. The zero-order valence-corrected chi connectivity index (χ0v) is 20.6. The van der Waals surface area contributed by atoms with E-state index in [1.165, 1.54) is 57.1 Å². The van der Waals surface area contributed by atoms with Crippen LogP contribution in [0.25, 0.3) is 0 Å². The lowest BCUT2D eigenvalue weighted by Gasteiger charge is -2.59. The molecule has 0 radical (unpaired) electrons. The maximum Gasteiger partial charge on any atom is 0.224 e. The van der Waals surface area contributed by atoms with Crippen molar-refractivity contribution in [1.82, 2.24) is 5.32 Å². The number of rotatable bonds is 6. The van der Waals surface area contributed by atoms with Crippen LogP contribution in [0.1, 0.15) is 106 Å². The number of hydrogen-bond acceptors (Lipinski definition) is 1. The molecule has 3 aliphatic carbocycles. The molecule has 0 aromatic rings. The van der Waals surface area contributed by atoms with Gasteiger partial charge in [-0.05, 0) is 85.4 Å². The van der Waals surface area contributed by atoms with Crippen LogP contribution in [0, 0.1) is 52.3 Å². The number of piperidine rings is 1. The Hall–Kier alpha value is -0.790. The zero-order chi connectivity index (χ0) is 21.7. The average Bonchev–Trinajstić information content (AvgIpc) is 3.05. The van der Waals surface area contributed by atoms with E-state index in [9.17, 15) is 4.79 Å². The molecule has 0 spiro atoms. The molecule has 1 heterocycles. The highest BCUT2D eigenvalue weighted by Gasteiger charge is 2.61. The summed E-state index contributed by atoms with van der Waals surface area (Å²) in [6.45, 7) is 14.8. The van der Waals surface area contributed by atoms with Crippen molar-refractivity contribution in [1.29, 1.82) is 0 Å². The van der Waals surface area contributed by atoms with Gasteiger partial charge in [0.15, 0.2) is 0 Å². The molecule has 1 amide bonds. The smallest absolute Gasteiger partial charge is 0.224 e. The molecule has 2 nitrogen and oxygen atoms in total. The van der Waals surface area contributed by atoms with E-state index in [2.05, 4.69) is 52.9 Å². The van der Waals surface area contributed by atoms with Crippen molar-refractivity contribution in [3.63, 3.8) is 0 Å². The van der Waals surface area contributed by atoms with Crippen molar-refractivity contribution in [3.05, 3.63) is 11.8 Å². The second-order valence-corrected chi connectivity index (χ2v) is 12.4. The topological polar surface area (TPSA) is 29.1 Å². The zero-order valence-electron chi connectivity index (χ0n) is 20.6. The summed E-state index contributed by atoms with van der Waals surface area (Å²) in [4.78, 5) is 12.1. The van der Waals surface area contributed by atoms with Gasteiger partial charge in [-0.25, -0.2) is 0 Å². The Morgan fingerprint density at radius 1 is 1.07 bits per heavy atom. The van der Waals surface area contributed by atoms with Gasteiger partial charge >= 0.3 is 0 Å². The van der Waals surface area contributed by atoms with Gasteiger partial charge in [0.25, 0.3) is 0 Å². The van der Waals surface area contributed by atoms with Crippen molar-refractivity contribution >= 4 is 5.91 Å². The third-order valence-corrected chi connectivity index (χ3v) is 10.5. The van der Waals surface area contributed by atoms with Gasteiger partial charge in [-0.2, -0.15) is 0 Å². The van der Waals surface area contributed by atoms with Crippen LogP contribution in [0.4, 0.5) is 0 Å². The Balaban J connectivity index is 1.57. The third-order valence-electron chi connectivity index (χ3n) is 10.5. The average molecular weight is 414 g/mol. The molecule has 0 aromatic heterocycles. The van der Waals surface area contributed by atoms with Crippen LogP contribution in [-0.2, 0) is 4.79 Å². The van der Waals surface area contributed by atoms with Crippen LogP contribution in [-0.4, -0.2) is 5.91 Å². The van der Waals surface area contributed by atoms with Gasteiger partial charge in [0, 0.05) is 17.5 Å². The molecule has 4 aliphatic rings. The molecule has 8 atom stereocenters. The number of hydrogen-bond donors (Lipinski definition) is 1. The third kappa shape index (κ3) is 3.58. The maximum absolute atomic E-state index is 12.1. The number of allylic oxidation sites excluding steroid dienone is 2. The molecule has 1 aliphatic heterocycles. The van der Waals surface area contributed by atoms with Crippen molar-refractivity contribution in [2.45, 2.75) is 106 Å². The summed E-state index contributed by atoms with van der Waals surface area (Å²) < 4.78 is 0. The number of amides is 1. The van der Waals surface area contributed by atoms with Crippen molar-refractivity contribution < 1.29 is 4.79 Å². The molecule has 4 rings (SSSR count). The fourth-order valence-corrected chi connectivity index (χ4v) is 8.76. The van der Waals surface area contributed by atoms with Gasteiger partial charge in [-0.15, -0.1) is 0 Å². The second-order valence-electron chi connectivity index (χ2n) is 12.4. The van der Waals surface area contributed by atoms with Gasteiger partial charge in [0.05, 0.1) is 0 Å². The molecule has 1 N–H and O–H groups in total. The summed E-state index contributed by atoms with van der Waals surface area (Å²) in [5.41, 5.74) is 2.02. The molecule has 30 heavy (non-hydrogen) atoms. The Morgan fingerprint density at radius 3 is 2.53 bits per heavy atom. The number of fused-ring (bicyclic) bond motifs is 5. The van der Waals surface area contributed by atoms with E-state index in [0.717, 1.165) is 41.9 Å². The normalized spacial score (nSPS) is 44.0. The van der Waals surface area contributed by atoms with E-state index in [1.807, 2.05) is 0 Å². The predicted molar refractivity (Wildman–Crippen MR) is 126 cm³/mol. The molecule has 170 valence electrons. The summed E-state index contributed by atoms with van der Waals surface area (Å²) in [6.07, 6.45) is 15.4. The van der Waals surface area contributed by atoms with E-state index < -0.39 is 0 Å². The molecule has 1 saturated heterocycles. The molecule has 7 unspecified atom stereocenters. The standard InChI is InChI=1S/C28H47NO/c1-7-20-17-24-28(6,16-14-25(30)29-24)23-13-15-27(5)21(11-12-22(27)26(20)23)19(4)10-8-9-18(2)3/h17-23,26H,7-16H2,1-6H3,(H,29,30)/t19?,20?,21?,22?,23?,26?,27-,28?/m1/s1. The summed E-state index contributed by atoms with van der Waals surface area (Å²) in [7, 11) is 0. The first-order chi connectivity index (χ1) is 14.2. The first-order valence-corrected chi connectivity index (χ1v) is 13.2. The monoisotopic (exact) mass is 413 g/mol. The van der Waals surface area contributed by atoms with E-state index in [4.69, 9.17) is 0 Å². The highest BCUT2D eigenvalue weighted by atomic mass is 16.1. The van der Waals surface area contributed by atoms with E-state index in [1.54, 1.807) is 0 Å². The summed E-state index contributed by atoms with van der Waals surface area (Å²) in [6, 6.07) is 0. The van der Waals surface area contributed by atoms with Crippen molar-refractivity contribution in [2.24, 2.45) is 52.3 Å². The van der Waals surface area contributed by atoms with Crippen LogP contribution in [0.2, 0.25) is 0 Å². The Morgan fingerprint density at radius 2 is 1.83 bits per heavy atom. The summed E-state index contributed by atoms with van der Waals surface area (Å²) in [5.74, 6) is 5.98. The minimum absolute atomic E-state index is 0.201. The van der Waals surface area contributed by atoms with Crippen molar-refractivity contribution in [3.8, 4) is 0 Å². The fourth-order valence-electron chi connectivity index (χ4n) is 8.76. The van der Waals surface area contributed by atoms with E-state index in [-0.39, 0.29) is 11.3 Å². The molecule has 2 heteroatoms. The van der Waals surface area contributed by atoms with Crippen LogP contribution in [0.15, 0.2) is 11.8 Å². The summed E-state index contributed by atoms with van der Waals surface area (Å²) >= 11 is 0. The molecule has 0 aromatic carbocycles. The maximum atomic E-state index is 12.1. The van der Waals surface area contributed by atoms with E-state index >= 15 is 0 Å². The molecular formula is C28H47NO. The minimum atomic E-state index is 0.201. The first kappa shape index (κ1) is 22.4. The molecular weight excluding hydrogens is 366 g/mol. The minimum Gasteiger partial charge on any atom is -0.330 e. The SMILES string of the molecule is CCC1C=C2NC(=O)CCC2(C)C2CC[C@]3(C)C(C(C)CCCC(C)C)CCC3C12. The number of carbonyl (C=O) groups is 1. The van der Waals surface area contributed by atoms with Crippen molar-refractivity contribution in [2.75, 3.05) is 0 Å². The second kappa shape index (κ2) is 8.28. The molecule has 0 bridgehead atoms. The highest BCUT2D eigenvalue weighted by Crippen LogP contribution is 2.67. The quantitative estimate of drug-likeness (QED) is 0.484. The van der Waals surface area contributed by atoms with Crippen LogP contribution >= 0.6 is 0 Å². The Labute approximate surface area is 186 Å². The summed E-state index contributed by atoms with van der Waals surface area (Å²) in [5, 5.41) is 3.31. The predicted octanol–water partition coefficient (Wildman–Crippen LogP) is 7.35. The lowest BCUT2D eigenvalue weighted by atomic mass is 9.46. The Bertz CT molecular complexity index is 680. The van der Waals surface area contributed by atoms with Crippen LogP contribution < -0.4 is 5.32 Å². The van der Waals surface area contributed by atoms with Gasteiger partial charge in [0.2, 0.25) is 5.91 Å². The van der Waals surface area contributed by atoms with Gasteiger partial charge in [-0.3, -0.25) is 4.79 Å². The Kier molecular flexibility index (Phi) is 6.19. The lowest BCUT2D eigenvalue weighted by molar-refractivity contribution is -0.126. The molecule has 3 fully saturated rings. The largest absolute Gasteiger partial charge is 0.330 e. The lowest BCUT2D eigenvalue weighted by Crippen LogP contribution is -2.55. The van der Waals surface area contributed by atoms with Gasteiger partial charge < -0.3 is 5.32 Å². The van der Waals surface area contributed by atoms with E-state index in [0.29, 0.717) is 17.8 Å². The van der Waals surface area contributed by atoms with Crippen LogP contribution in [0.5, 0.6) is 0 Å². The van der Waals surface area contributed by atoms with Gasteiger partial charge in [-0.1, -0.05) is 66.9 Å². The van der Waals surface area contributed by atoms with Gasteiger partial charge in [0.1, 0.15) is 0 Å². The van der Waals surface area contributed by atoms with Crippen LogP contribution in [0.3, 0.4) is 0 Å². The molecule has 2 saturated carbocycles. The fraction of sp³-hybridized carbons (Fsp3) is 0.893.